The predicted molar refractivity (Wildman–Crippen MR) is 39.8 cm³/mol. The highest BCUT2D eigenvalue weighted by Crippen LogP contribution is 1.87. The molecule has 0 spiro atoms. The van der Waals surface area contributed by atoms with Crippen molar-refractivity contribution in [2.45, 2.75) is 0 Å². The molecule has 0 bridgehead atoms. The minimum Gasteiger partial charge on any atom is -0.365 e. The Labute approximate surface area is 58.7 Å². The van der Waals surface area contributed by atoms with Crippen LogP contribution in [0.25, 0.3) is 0 Å². The third kappa shape index (κ3) is 2.91. The average Bonchev–Trinajstić information content (AvgIpc) is 1.67. The van der Waals surface area contributed by atoms with Gasteiger partial charge in [0.1, 0.15) is 0 Å². The third-order valence-corrected chi connectivity index (χ3v) is 1.09. The van der Waals surface area contributed by atoms with E-state index < -0.39 is 0 Å². The molecule has 0 aromatic rings. The first-order valence-electron chi connectivity index (χ1n) is 2.34. The number of nitrogens with zero attached hydrogens (tertiary/aromatic N) is 1. The zero-order valence-electron chi connectivity index (χ0n) is 5.24. The summed E-state index contributed by atoms with van der Waals surface area (Å²) in [4.78, 5) is 1.92. The largest absolute Gasteiger partial charge is 0.365 e. The number of alkyl halides is 1. The van der Waals surface area contributed by atoms with E-state index >= 15 is 0 Å². The monoisotopic (exact) mass is 178 g/mol. The first-order chi connectivity index (χ1) is 3.68. The maximum Gasteiger partial charge on any atom is 0.0940 e. The van der Waals surface area contributed by atoms with Gasteiger partial charge in [-0.2, -0.15) is 0 Å². The lowest BCUT2D eigenvalue weighted by Crippen LogP contribution is -2.22. The number of halogens is 1. The normalized spacial score (nSPS) is 8.38. The summed E-state index contributed by atoms with van der Waals surface area (Å²) in [5, 5.41) is 2.99. The van der Waals surface area contributed by atoms with Crippen molar-refractivity contribution in [1.29, 1.82) is 0 Å². The van der Waals surface area contributed by atoms with Gasteiger partial charge in [-0.15, -0.1) is 0 Å². The maximum atomic E-state index is 3.73. The van der Waals surface area contributed by atoms with Crippen molar-refractivity contribution in [2.75, 3.05) is 19.5 Å². The van der Waals surface area contributed by atoms with Gasteiger partial charge in [0.15, 0.2) is 0 Å². The van der Waals surface area contributed by atoms with Crippen LogP contribution in [0.4, 0.5) is 0 Å². The highest BCUT2D eigenvalue weighted by atomic mass is 79.9. The first-order valence-corrected chi connectivity index (χ1v) is 3.46. The summed E-state index contributed by atoms with van der Waals surface area (Å²) >= 11 is 3.22. The van der Waals surface area contributed by atoms with Crippen LogP contribution in [0.3, 0.4) is 0 Å². The van der Waals surface area contributed by atoms with Gasteiger partial charge in [-0.1, -0.05) is 22.5 Å². The molecule has 0 fully saturated rings. The van der Waals surface area contributed by atoms with E-state index in [0.717, 1.165) is 11.3 Å². The van der Waals surface area contributed by atoms with Crippen molar-refractivity contribution in [1.82, 2.24) is 10.2 Å². The van der Waals surface area contributed by atoms with Gasteiger partial charge in [0.2, 0.25) is 0 Å². The van der Waals surface area contributed by atoms with Crippen LogP contribution in [0, 0.1) is 0 Å². The summed E-state index contributed by atoms with van der Waals surface area (Å²) in [6.45, 7) is 3.73. The second-order valence-corrected chi connectivity index (χ2v) is 2.21. The summed E-state index contributed by atoms with van der Waals surface area (Å²) in [6.07, 6.45) is 0. The van der Waals surface area contributed by atoms with E-state index in [0.29, 0.717) is 0 Å². The van der Waals surface area contributed by atoms with Crippen molar-refractivity contribution >= 4 is 15.9 Å². The van der Waals surface area contributed by atoms with Crippen LogP contribution in [0.2, 0.25) is 0 Å². The van der Waals surface area contributed by atoms with Crippen molar-refractivity contribution in [3.8, 4) is 0 Å². The molecule has 0 atom stereocenters. The maximum absolute atomic E-state index is 3.73. The molecule has 2 nitrogen and oxygen atoms in total. The molecule has 48 valence electrons. The molecule has 0 amide bonds. The van der Waals surface area contributed by atoms with E-state index in [9.17, 15) is 0 Å². The summed E-state index contributed by atoms with van der Waals surface area (Å²) in [6, 6.07) is 0. The van der Waals surface area contributed by atoms with Crippen molar-refractivity contribution in [2.24, 2.45) is 0 Å². The SMILES string of the molecule is C=C(NCBr)N(C)C. The minimum atomic E-state index is 0.754. The molecule has 0 aromatic carbocycles. The van der Waals surface area contributed by atoms with Gasteiger partial charge in [0.25, 0.3) is 0 Å². The number of rotatable bonds is 3. The molecule has 0 saturated carbocycles. The Morgan fingerprint density at radius 2 is 2.25 bits per heavy atom. The fraction of sp³-hybridized carbons (Fsp3) is 0.600. The first kappa shape index (κ1) is 7.82. The van der Waals surface area contributed by atoms with E-state index in [1.807, 2.05) is 19.0 Å². The Morgan fingerprint density at radius 3 is 2.38 bits per heavy atom. The lowest BCUT2D eigenvalue weighted by Gasteiger charge is -2.15. The summed E-state index contributed by atoms with van der Waals surface area (Å²) < 4.78 is 0. The Balaban J connectivity index is 3.33. The molecule has 0 aliphatic heterocycles. The van der Waals surface area contributed by atoms with Gasteiger partial charge >= 0.3 is 0 Å². The second kappa shape index (κ2) is 3.78. The van der Waals surface area contributed by atoms with Crippen LogP contribution < -0.4 is 5.32 Å². The van der Waals surface area contributed by atoms with Crippen molar-refractivity contribution < 1.29 is 0 Å². The molecule has 0 saturated heterocycles. The smallest absolute Gasteiger partial charge is 0.0940 e. The second-order valence-electron chi connectivity index (χ2n) is 1.65. The molecule has 0 radical (unpaired) electrons. The molecule has 0 rings (SSSR count). The Morgan fingerprint density at radius 1 is 1.75 bits per heavy atom. The summed E-state index contributed by atoms with van der Waals surface area (Å²) in [5.41, 5.74) is 0.754. The summed E-state index contributed by atoms with van der Waals surface area (Å²) in [5.74, 6) is 0.918. The van der Waals surface area contributed by atoms with E-state index in [-0.39, 0.29) is 0 Å². The van der Waals surface area contributed by atoms with E-state index in [4.69, 9.17) is 0 Å². The molecule has 0 unspecified atom stereocenters. The van der Waals surface area contributed by atoms with Crippen LogP contribution >= 0.6 is 15.9 Å². The standard InChI is InChI=1S/C5H11BrN2/c1-5(7-4-6)8(2)3/h7H,1,4H2,2-3H3. The quantitative estimate of drug-likeness (QED) is 0.512. The molecular weight excluding hydrogens is 168 g/mol. The molecule has 3 heteroatoms. The molecular formula is C5H11BrN2. The number of hydrogen-bond acceptors (Lipinski definition) is 2. The number of nitrogens with one attached hydrogen (secondary N) is 1. The zero-order valence-corrected chi connectivity index (χ0v) is 6.83. The van der Waals surface area contributed by atoms with Crippen molar-refractivity contribution in [3.63, 3.8) is 0 Å². The van der Waals surface area contributed by atoms with Crippen LogP contribution in [-0.2, 0) is 0 Å². The fourth-order valence-electron chi connectivity index (χ4n) is 0.235. The van der Waals surface area contributed by atoms with Crippen LogP contribution in [-0.4, -0.2) is 24.4 Å². The highest BCUT2D eigenvalue weighted by molar-refractivity contribution is 9.09. The molecule has 8 heavy (non-hydrogen) atoms. The Hall–Kier alpha value is -0.180. The molecule has 1 N–H and O–H groups in total. The van der Waals surface area contributed by atoms with E-state index in [1.54, 1.807) is 0 Å². The van der Waals surface area contributed by atoms with Gasteiger partial charge in [-0.05, 0) is 0 Å². The van der Waals surface area contributed by atoms with Gasteiger partial charge in [0.05, 0.1) is 11.3 Å². The van der Waals surface area contributed by atoms with Gasteiger partial charge in [-0.25, -0.2) is 0 Å². The van der Waals surface area contributed by atoms with E-state index in [2.05, 4.69) is 27.8 Å². The molecule has 0 aliphatic rings. The topological polar surface area (TPSA) is 15.3 Å². The lowest BCUT2D eigenvalue weighted by molar-refractivity contribution is 0.477. The lowest BCUT2D eigenvalue weighted by atomic mass is 10.7. The zero-order chi connectivity index (χ0) is 6.57. The van der Waals surface area contributed by atoms with Gasteiger partial charge in [0, 0.05) is 14.1 Å². The molecule has 0 aromatic heterocycles. The van der Waals surface area contributed by atoms with Crippen LogP contribution in [0.15, 0.2) is 12.4 Å². The Kier molecular flexibility index (Phi) is 3.69. The summed E-state index contributed by atoms with van der Waals surface area (Å²) in [7, 11) is 3.88. The minimum absolute atomic E-state index is 0.754. The van der Waals surface area contributed by atoms with Gasteiger partial charge < -0.3 is 10.2 Å². The third-order valence-electron chi connectivity index (χ3n) is 0.811. The van der Waals surface area contributed by atoms with Crippen molar-refractivity contribution in [3.05, 3.63) is 12.4 Å². The molecule has 0 aliphatic carbocycles. The fourth-order valence-corrected chi connectivity index (χ4v) is 0.559. The molecule has 0 heterocycles. The average molecular weight is 179 g/mol. The van der Waals surface area contributed by atoms with Gasteiger partial charge in [-0.3, -0.25) is 0 Å². The Bertz CT molecular complexity index is 80.5. The van der Waals surface area contributed by atoms with E-state index in [1.165, 1.54) is 0 Å². The number of hydrogen-bond donors (Lipinski definition) is 1. The highest BCUT2D eigenvalue weighted by Gasteiger charge is 1.88. The van der Waals surface area contributed by atoms with Crippen LogP contribution in [0.5, 0.6) is 0 Å². The van der Waals surface area contributed by atoms with Crippen LogP contribution in [0.1, 0.15) is 0 Å². The predicted octanol–water partition coefficient (Wildman–Crippen LogP) is 0.961.